The largest absolute Gasteiger partial charge is 0.309 e. The summed E-state index contributed by atoms with van der Waals surface area (Å²) >= 11 is 0. The second kappa shape index (κ2) is 11.5. The molecule has 0 spiro atoms. The molecule has 2 unspecified atom stereocenters. The Hall–Kier alpha value is -5.56. The van der Waals surface area contributed by atoms with Crippen molar-refractivity contribution < 1.29 is 19.2 Å². The molecule has 2 atom stereocenters. The van der Waals surface area contributed by atoms with Gasteiger partial charge in [0.25, 0.3) is 11.8 Å². The summed E-state index contributed by atoms with van der Waals surface area (Å²) < 4.78 is 0. The van der Waals surface area contributed by atoms with Crippen molar-refractivity contribution in [3.8, 4) is 0 Å². The van der Waals surface area contributed by atoms with Gasteiger partial charge in [0.2, 0.25) is 11.8 Å². The summed E-state index contributed by atoms with van der Waals surface area (Å²) in [6, 6.07) is 36.7. The number of carbonyl (C=O) groups is 4. The molecule has 7 heteroatoms. The van der Waals surface area contributed by atoms with Crippen LogP contribution >= 0.6 is 0 Å². The van der Waals surface area contributed by atoms with Crippen molar-refractivity contribution in [2.24, 2.45) is 0 Å². The standard InChI is InChI=1S/C38H31N3O4/c1-25-22-33(29-18-8-9-21-32(29)40(25)34(42)23-26-12-4-2-5-13-26)41(28-16-6-3-7-17-28)35(43)24-39-37(44)30-19-10-14-27-15-11-20-31(36(27)30)38(39)45/h2-21,25,33H,22-24H2,1H3. The van der Waals surface area contributed by atoms with Crippen LogP contribution in [-0.4, -0.2) is 41.1 Å². The monoisotopic (exact) mass is 593 g/mol. The van der Waals surface area contributed by atoms with Gasteiger partial charge in [-0.1, -0.05) is 91.0 Å². The van der Waals surface area contributed by atoms with Gasteiger partial charge in [-0.25, -0.2) is 0 Å². The van der Waals surface area contributed by atoms with Gasteiger partial charge in [-0.2, -0.15) is 0 Å². The van der Waals surface area contributed by atoms with Crippen molar-refractivity contribution in [3.05, 3.63) is 144 Å². The molecule has 0 N–H and O–H groups in total. The molecular weight excluding hydrogens is 562 g/mol. The number of anilines is 2. The number of benzene rings is 5. The van der Waals surface area contributed by atoms with Crippen LogP contribution in [0.15, 0.2) is 121 Å². The van der Waals surface area contributed by atoms with Crippen LogP contribution in [0.2, 0.25) is 0 Å². The van der Waals surface area contributed by atoms with Gasteiger partial charge in [0, 0.05) is 33.9 Å². The first-order valence-electron chi connectivity index (χ1n) is 15.1. The van der Waals surface area contributed by atoms with Gasteiger partial charge in [0.15, 0.2) is 0 Å². The second-order valence-corrected chi connectivity index (χ2v) is 11.6. The third kappa shape index (κ3) is 4.96. The van der Waals surface area contributed by atoms with E-state index in [4.69, 9.17) is 0 Å². The van der Waals surface area contributed by atoms with E-state index in [1.165, 1.54) is 0 Å². The maximum Gasteiger partial charge on any atom is 0.261 e. The van der Waals surface area contributed by atoms with E-state index < -0.39 is 24.4 Å². The van der Waals surface area contributed by atoms with Crippen molar-refractivity contribution in [2.75, 3.05) is 16.3 Å². The number of hydrogen-bond acceptors (Lipinski definition) is 4. The third-order valence-corrected chi connectivity index (χ3v) is 8.79. The van der Waals surface area contributed by atoms with Crippen LogP contribution in [0.3, 0.4) is 0 Å². The smallest absolute Gasteiger partial charge is 0.261 e. The van der Waals surface area contributed by atoms with Crippen LogP contribution in [0, 0.1) is 0 Å². The van der Waals surface area contributed by atoms with Crippen LogP contribution < -0.4 is 9.80 Å². The highest BCUT2D eigenvalue weighted by atomic mass is 16.2. The van der Waals surface area contributed by atoms with Crippen LogP contribution in [-0.2, 0) is 16.0 Å². The Morgan fingerprint density at radius 3 is 2.00 bits per heavy atom. The average molecular weight is 594 g/mol. The van der Waals surface area contributed by atoms with Crippen LogP contribution in [0.4, 0.5) is 11.4 Å². The normalized spacial score (nSPS) is 17.3. The summed E-state index contributed by atoms with van der Waals surface area (Å²) in [6.07, 6.45) is 0.737. The number of amides is 4. The molecule has 0 fully saturated rings. The van der Waals surface area contributed by atoms with Gasteiger partial charge in [-0.15, -0.1) is 0 Å². The van der Waals surface area contributed by atoms with E-state index in [1.54, 1.807) is 29.2 Å². The topological polar surface area (TPSA) is 78.0 Å². The number of imide groups is 1. The summed E-state index contributed by atoms with van der Waals surface area (Å²) in [5.41, 5.74) is 3.99. The quantitative estimate of drug-likeness (QED) is 0.209. The molecule has 0 aromatic heterocycles. The predicted molar refractivity (Wildman–Crippen MR) is 174 cm³/mol. The zero-order valence-corrected chi connectivity index (χ0v) is 24.8. The lowest BCUT2D eigenvalue weighted by Crippen LogP contribution is -2.51. The molecule has 7 rings (SSSR count). The van der Waals surface area contributed by atoms with Crippen molar-refractivity contribution in [1.29, 1.82) is 0 Å². The van der Waals surface area contributed by atoms with Gasteiger partial charge in [-0.3, -0.25) is 24.1 Å². The number of rotatable bonds is 6. The van der Waals surface area contributed by atoms with E-state index >= 15 is 0 Å². The molecule has 2 aliphatic heterocycles. The van der Waals surface area contributed by atoms with Crippen LogP contribution in [0.25, 0.3) is 10.8 Å². The van der Waals surface area contributed by atoms with E-state index in [9.17, 15) is 19.2 Å². The van der Waals surface area contributed by atoms with E-state index in [-0.39, 0.29) is 24.3 Å². The van der Waals surface area contributed by atoms with E-state index in [0.29, 0.717) is 28.6 Å². The molecule has 5 aromatic carbocycles. The minimum absolute atomic E-state index is 0.0189. The predicted octanol–water partition coefficient (Wildman–Crippen LogP) is 6.58. The highest BCUT2D eigenvalue weighted by Crippen LogP contribution is 2.42. The highest BCUT2D eigenvalue weighted by molar-refractivity contribution is 6.26. The van der Waals surface area contributed by atoms with Gasteiger partial charge < -0.3 is 9.80 Å². The number of fused-ring (bicyclic) bond motifs is 1. The molecule has 0 bridgehead atoms. The first-order valence-corrected chi connectivity index (χ1v) is 15.1. The summed E-state index contributed by atoms with van der Waals surface area (Å²) in [5.74, 6) is -1.37. The highest BCUT2D eigenvalue weighted by Gasteiger charge is 2.41. The molecule has 0 saturated carbocycles. The lowest BCUT2D eigenvalue weighted by atomic mass is 9.89. The Balaban J connectivity index is 1.24. The lowest BCUT2D eigenvalue weighted by molar-refractivity contribution is -0.119. The molecule has 45 heavy (non-hydrogen) atoms. The minimum atomic E-state index is -0.485. The fourth-order valence-electron chi connectivity index (χ4n) is 6.78. The first kappa shape index (κ1) is 28.2. The lowest BCUT2D eigenvalue weighted by Gasteiger charge is -2.44. The molecule has 0 saturated heterocycles. The molecule has 7 nitrogen and oxygen atoms in total. The average Bonchev–Trinajstić information content (AvgIpc) is 3.06. The first-order chi connectivity index (χ1) is 21.9. The van der Waals surface area contributed by atoms with E-state index in [2.05, 4.69) is 0 Å². The van der Waals surface area contributed by atoms with E-state index in [0.717, 1.165) is 27.1 Å². The van der Waals surface area contributed by atoms with Gasteiger partial charge in [-0.05, 0) is 60.2 Å². The maximum absolute atomic E-state index is 14.4. The number of hydrogen-bond donors (Lipinski definition) is 0. The Labute approximate surface area is 261 Å². The molecule has 5 aromatic rings. The Kier molecular flexibility index (Phi) is 7.22. The molecule has 4 amide bonds. The minimum Gasteiger partial charge on any atom is -0.309 e. The molecule has 0 aliphatic carbocycles. The Morgan fingerprint density at radius 2 is 1.33 bits per heavy atom. The van der Waals surface area contributed by atoms with Crippen molar-refractivity contribution in [3.63, 3.8) is 0 Å². The summed E-state index contributed by atoms with van der Waals surface area (Å²) in [5, 5.41) is 1.43. The number of nitrogens with zero attached hydrogens (tertiary/aromatic N) is 3. The fraction of sp³-hybridized carbons (Fsp3) is 0.158. The van der Waals surface area contributed by atoms with Crippen molar-refractivity contribution in [2.45, 2.75) is 31.8 Å². The Bertz CT molecular complexity index is 1910. The molecule has 2 aliphatic rings. The summed E-state index contributed by atoms with van der Waals surface area (Å²) in [6.45, 7) is 1.58. The zero-order chi connectivity index (χ0) is 31.1. The van der Waals surface area contributed by atoms with Crippen LogP contribution in [0.1, 0.15) is 51.2 Å². The maximum atomic E-state index is 14.4. The van der Waals surface area contributed by atoms with Gasteiger partial charge in [0.1, 0.15) is 6.54 Å². The summed E-state index contributed by atoms with van der Waals surface area (Å²) in [4.78, 5) is 60.1. The Morgan fingerprint density at radius 1 is 0.733 bits per heavy atom. The third-order valence-electron chi connectivity index (χ3n) is 8.79. The molecule has 222 valence electrons. The van der Waals surface area contributed by atoms with E-state index in [1.807, 2.05) is 109 Å². The molecule has 0 radical (unpaired) electrons. The summed E-state index contributed by atoms with van der Waals surface area (Å²) in [7, 11) is 0. The van der Waals surface area contributed by atoms with Gasteiger partial charge in [0.05, 0.1) is 12.5 Å². The van der Waals surface area contributed by atoms with Crippen molar-refractivity contribution in [1.82, 2.24) is 4.90 Å². The van der Waals surface area contributed by atoms with Crippen LogP contribution in [0.5, 0.6) is 0 Å². The second-order valence-electron chi connectivity index (χ2n) is 11.6. The number of carbonyl (C=O) groups excluding carboxylic acids is 4. The fourth-order valence-corrected chi connectivity index (χ4v) is 6.78. The zero-order valence-electron chi connectivity index (χ0n) is 24.8. The van der Waals surface area contributed by atoms with Gasteiger partial charge >= 0.3 is 0 Å². The SMILES string of the molecule is CC1CC(N(C(=O)CN2C(=O)c3cccc4cccc(c34)C2=O)c2ccccc2)c2ccccc2N1C(=O)Cc1ccccc1. The van der Waals surface area contributed by atoms with Crippen molar-refractivity contribution >= 4 is 45.8 Å². The molecule has 2 heterocycles. The molecular formula is C38H31N3O4. The number of para-hydroxylation sites is 2.